The van der Waals surface area contributed by atoms with Crippen molar-refractivity contribution >= 4 is 11.8 Å². The molecule has 1 aliphatic carbocycles. The van der Waals surface area contributed by atoms with Crippen LogP contribution in [0.25, 0.3) is 17.1 Å². The topological polar surface area (TPSA) is 56.7 Å². The van der Waals surface area contributed by atoms with Crippen LogP contribution in [0.1, 0.15) is 30.3 Å². The zero-order valence-corrected chi connectivity index (χ0v) is 15.8. The molecular weight excluding hydrogens is 375 g/mol. The van der Waals surface area contributed by atoms with Crippen molar-refractivity contribution in [1.82, 2.24) is 19.7 Å². The Bertz CT molecular complexity index is 1090. The standard InChI is InChI=1S/C21H17FN4OS/c22-16-10-8-15(9-11-16)20-23-17(12-27-20)13-28-21-25-24-19(14-6-7-14)26(21)18-4-2-1-3-5-18/h1-5,8-12,14H,6-7,13H2. The summed E-state index contributed by atoms with van der Waals surface area (Å²) in [6.45, 7) is 0. The maximum absolute atomic E-state index is 13.1. The van der Waals surface area contributed by atoms with E-state index in [9.17, 15) is 4.39 Å². The van der Waals surface area contributed by atoms with E-state index in [0.717, 1.165) is 27.9 Å². The number of thioether (sulfide) groups is 1. The van der Waals surface area contributed by atoms with Crippen molar-refractivity contribution in [3.63, 3.8) is 0 Å². The Morgan fingerprint density at radius 3 is 2.57 bits per heavy atom. The predicted molar refractivity (Wildman–Crippen MR) is 105 cm³/mol. The minimum Gasteiger partial charge on any atom is -0.444 e. The second-order valence-electron chi connectivity index (χ2n) is 6.73. The first kappa shape index (κ1) is 17.2. The summed E-state index contributed by atoms with van der Waals surface area (Å²) in [5.41, 5.74) is 2.63. The van der Waals surface area contributed by atoms with Crippen LogP contribution in [0, 0.1) is 5.82 Å². The van der Waals surface area contributed by atoms with Gasteiger partial charge in [-0.25, -0.2) is 9.37 Å². The van der Waals surface area contributed by atoms with Crippen LogP contribution in [0.3, 0.4) is 0 Å². The van der Waals surface area contributed by atoms with Gasteiger partial charge in [0.25, 0.3) is 0 Å². The molecule has 0 bridgehead atoms. The summed E-state index contributed by atoms with van der Waals surface area (Å²) in [5.74, 6) is 2.34. The number of para-hydroxylation sites is 1. The van der Waals surface area contributed by atoms with Crippen molar-refractivity contribution < 1.29 is 8.81 Å². The van der Waals surface area contributed by atoms with E-state index in [1.54, 1.807) is 30.2 Å². The summed E-state index contributed by atoms with van der Waals surface area (Å²) >= 11 is 1.58. The molecule has 0 atom stereocenters. The molecule has 5 rings (SSSR count). The molecule has 2 aromatic heterocycles. The molecule has 0 unspecified atom stereocenters. The molecule has 4 aromatic rings. The molecule has 1 saturated carbocycles. The van der Waals surface area contributed by atoms with Crippen LogP contribution >= 0.6 is 11.8 Å². The van der Waals surface area contributed by atoms with Gasteiger partial charge in [0, 0.05) is 22.9 Å². The summed E-state index contributed by atoms with van der Waals surface area (Å²) in [6.07, 6.45) is 3.97. The Balaban J connectivity index is 1.37. The molecule has 5 nitrogen and oxygen atoms in total. The summed E-state index contributed by atoms with van der Waals surface area (Å²) in [7, 11) is 0. The summed E-state index contributed by atoms with van der Waals surface area (Å²) in [4.78, 5) is 4.51. The van der Waals surface area contributed by atoms with Crippen molar-refractivity contribution in [3.8, 4) is 17.1 Å². The quantitative estimate of drug-likeness (QED) is 0.421. The van der Waals surface area contributed by atoms with Crippen LogP contribution in [0.4, 0.5) is 4.39 Å². The van der Waals surface area contributed by atoms with Crippen LogP contribution in [-0.2, 0) is 5.75 Å². The smallest absolute Gasteiger partial charge is 0.226 e. The lowest BCUT2D eigenvalue weighted by Crippen LogP contribution is -2.01. The minimum atomic E-state index is -0.280. The van der Waals surface area contributed by atoms with Gasteiger partial charge in [0.15, 0.2) is 5.16 Å². The molecule has 28 heavy (non-hydrogen) atoms. The molecule has 0 saturated heterocycles. The van der Waals surface area contributed by atoms with Crippen molar-refractivity contribution in [3.05, 3.63) is 78.2 Å². The first-order valence-corrected chi connectivity index (χ1v) is 10.1. The first-order valence-electron chi connectivity index (χ1n) is 9.12. The highest BCUT2D eigenvalue weighted by Gasteiger charge is 2.31. The zero-order valence-electron chi connectivity index (χ0n) is 15.0. The van der Waals surface area contributed by atoms with Gasteiger partial charge in [-0.1, -0.05) is 30.0 Å². The van der Waals surface area contributed by atoms with Crippen molar-refractivity contribution in [2.24, 2.45) is 0 Å². The van der Waals surface area contributed by atoms with Crippen LogP contribution in [-0.4, -0.2) is 19.7 Å². The van der Waals surface area contributed by atoms with E-state index in [2.05, 4.69) is 31.9 Å². The Morgan fingerprint density at radius 1 is 1.04 bits per heavy atom. The van der Waals surface area contributed by atoms with Gasteiger partial charge in [0.1, 0.15) is 17.9 Å². The Kier molecular flexibility index (Phi) is 4.44. The zero-order chi connectivity index (χ0) is 18.9. The van der Waals surface area contributed by atoms with Crippen LogP contribution < -0.4 is 0 Å². The average molecular weight is 392 g/mol. The normalized spacial score (nSPS) is 13.8. The van der Waals surface area contributed by atoms with E-state index < -0.39 is 0 Å². The van der Waals surface area contributed by atoms with Crippen molar-refractivity contribution in [2.75, 3.05) is 0 Å². The number of halogens is 1. The lowest BCUT2D eigenvalue weighted by Gasteiger charge is -2.09. The molecule has 2 heterocycles. The number of nitrogens with zero attached hydrogens (tertiary/aromatic N) is 4. The maximum Gasteiger partial charge on any atom is 0.226 e. The molecule has 140 valence electrons. The molecule has 2 aromatic carbocycles. The van der Waals surface area contributed by atoms with Gasteiger partial charge in [-0.3, -0.25) is 4.57 Å². The van der Waals surface area contributed by atoms with Crippen molar-refractivity contribution in [1.29, 1.82) is 0 Å². The summed E-state index contributed by atoms with van der Waals surface area (Å²) < 4.78 is 20.8. The lowest BCUT2D eigenvalue weighted by atomic mass is 10.2. The van der Waals surface area contributed by atoms with Gasteiger partial charge >= 0.3 is 0 Å². The molecule has 0 aliphatic heterocycles. The fourth-order valence-corrected chi connectivity index (χ4v) is 3.87. The van der Waals surface area contributed by atoms with Crippen LogP contribution in [0.15, 0.2) is 70.4 Å². The highest BCUT2D eigenvalue weighted by atomic mass is 32.2. The number of hydrogen-bond acceptors (Lipinski definition) is 5. The number of aromatic nitrogens is 4. The van der Waals surface area contributed by atoms with Gasteiger partial charge in [-0.15, -0.1) is 10.2 Å². The summed E-state index contributed by atoms with van der Waals surface area (Å²) in [6, 6.07) is 16.3. The minimum absolute atomic E-state index is 0.280. The fourth-order valence-electron chi connectivity index (χ4n) is 3.04. The van der Waals surface area contributed by atoms with E-state index in [0.29, 0.717) is 17.6 Å². The SMILES string of the molecule is Fc1ccc(-c2nc(CSc3nnc(C4CC4)n3-c3ccccc3)co2)cc1. The monoisotopic (exact) mass is 392 g/mol. The summed E-state index contributed by atoms with van der Waals surface area (Å²) in [5, 5.41) is 9.71. The first-order chi connectivity index (χ1) is 13.8. The lowest BCUT2D eigenvalue weighted by molar-refractivity contribution is 0.573. The molecule has 1 aliphatic rings. The second-order valence-corrected chi connectivity index (χ2v) is 7.67. The van der Waals surface area contributed by atoms with E-state index in [4.69, 9.17) is 4.42 Å². The number of benzene rings is 2. The molecular formula is C21H17FN4OS. The van der Waals surface area contributed by atoms with Gasteiger partial charge < -0.3 is 4.42 Å². The van der Waals surface area contributed by atoms with Crippen molar-refractivity contribution in [2.45, 2.75) is 29.7 Å². The second kappa shape index (κ2) is 7.24. The van der Waals surface area contributed by atoms with E-state index in [1.807, 2.05) is 18.2 Å². The van der Waals surface area contributed by atoms with E-state index in [-0.39, 0.29) is 5.82 Å². The van der Waals surface area contributed by atoms with Gasteiger partial charge in [-0.05, 0) is 49.2 Å². The van der Waals surface area contributed by atoms with E-state index >= 15 is 0 Å². The number of hydrogen-bond donors (Lipinski definition) is 0. The third-order valence-corrected chi connectivity index (χ3v) is 5.57. The fraction of sp³-hybridized carbons (Fsp3) is 0.190. The largest absolute Gasteiger partial charge is 0.444 e. The Labute approximate surface area is 165 Å². The Hall–Kier alpha value is -2.93. The highest BCUT2D eigenvalue weighted by molar-refractivity contribution is 7.98. The number of oxazole rings is 1. The van der Waals surface area contributed by atoms with E-state index in [1.165, 1.54) is 25.0 Å². The molecule has 0 radical (unpaired) electrons. The predicted octanol–water partition coefficient (Wildman–Crippen LogP) is 5.23. The molecule has 0 amide bonds. The Morgan fingerprint density at radius 2 is 1.82 bits per heavy atom. The average Bonchev–Trinajstić information content (AvgIpc) is 3.31. The molecule has 1 fully saturated rings. The maximum atomic E-state index is 13.1. The van der Waals surface area contributed by atoms with Crippen LogP contribution in [0.2, 0.25) is 0 Å². The van der Waals surface area contributed by atoms with Crippen LogP contribution in [0.5, 0.6) is 0 Å². The highest BCUT2D eigenvalue weighted by Crippen LogP contribution is 2.41. The van der Waals surface area contributed by atoms with Gasteiger partial charge in [-0.2, -0.15) is 0 Å². The third-order valence-electron chi connectivity index (χ3n) is 4.61. The molecule has 0 spiro atoms. The molecule has 0 N–H and O–H groups in total. The van der Waals surface area contributed by atoms with Gasteiger partial charge in [0.05, 0.1) is 5.69 Å². The number of rotatable bonds is 6. The third kappa shape index (κ3) is 3.45. The van der Waals surface area contributed by atoms with Gasteiger partial charge in [0.2, 0.25) is 5.89 Å². The molecule has 7 heteroatoms.